The highest BCUT2D eigenvalue weighted by Crippen LogP contribution is 2.12. The van der Waals surface area contributed by atoms with Crippen LogP contribution in [0.5, 0.6) is 0 Å². The van der Waals surface area contributed by atoms with Gasteiger partial charge in [-0.15, -0.1) is 0 Å². The summed E-state index contributed by atoms with van der Waals surface area (Å²) in [6, 6.07) is 0. The Morgan fingerprint density at radius 2 is 2.29 bits per heavy atom. The van der Waals surface area contributed by atoms with Crippen molar-refractivity contribution in [3.63, 3.8) is 0 Å². The maximum absolute atomic E-state index is 5.66. The minimum atomic E-state index is 0.300. The Labute approximate surface area is 87.7 Å². The minimum absolute atomic E-state index is 0.300. The molecular weight excluding hydrogens is 202 g/mol. The van der Waals surface area contributed by atoms with E-state index in [0.29, 0.717) is 17.1 Å². The van der Waals surface area contributed by atoms with Crippen LogP contribution in [0.25, 0.3) is 0 Å². The van der Waals surface area contributed by atoms with Crippen LogP contribution in [-0.4, -0.2) is 29.2 Å². The molecule has 76 valence electrons. The van der Waals surface area contributed by atoms with Crippen molar-refractivity contribution in [3.05, 3.63) is 17.4 Å². The van der Waals surface area contributed by atoms with Gasteiger partial charge in [0.15, 0.2) is 0 Å². The van der Waals surface area contributed by atoms with Gasteiger partial charge >= 0.3 is 0 Å². The van der Waals surface area contributed by atoms with Gasteiger partial charge in [-0.3, -0.25) is 0 Å². The fraction of sp³-hybridized carbons (Fsp3) is 0.556. The molecule has 0 bridgehead atoms. The van der Waals surface area contributed by atoms with E-state index in [1.54, 1.807) is 12.4 Å². The second-order valence-electron chi connectivity index (χ2n) is 3.24. The molecule has 1 atom stereocenters. The Bertz CT molecular complexity index is 285. The lowest BCUT2D eigenvalue weighted by Gasteiger charge is -2.09. The van der Waals surface area contributed by atoms with Crippen LogP contribution in [0.15, 0.2) is 12.4 Å². The maximum atomic E-state index is 5.66. The van der Waals surface area contributed by atoms with E-state index < -0.39 is 0 Å². The maximum Gasteiger partial charge on any atom is 0.222 e. The Morgan fingerprint density at radius 3 is 2.93 bits per heavy atom. The molecule has 1 N–H and O–H groups in total. The largest absolute Gasteiger partial charge is 0.376 e. The van der Waals surface area contributed by atoms with Crippen LogP contribution in [0, 0.1) is 0 Å². The average Bonchev–Trinajstić information content (AvgIpc) is 2.70. The standard InChI is InChI=1S/C9H12ClN3O/c10-7-4-11-9(12-5-7)13-6-8-2-1-3-14-8/h4-5,8H,1-3,6H2,(H,11,12,13). The number of aromatic nitrogens is 2. The molecule has 5 heteroatoms. The molecule has 0 radical (unpaired) electrons. The fourth-order valence-corrected chi connectivity index (χ4v) is 1.51. The molecule has 0 spiro atoms. The van der Waals surface area contributed by atoms with Crippen LogP contribution in [0.4, 0.5) is 5.95 Å². The van der Waals surface area contributed by atoms with E-state index in [4.69, 9.17) is 16.3 Å². The second-order valence-corrected chi connectivity index (χ2v) is 3.68. The lowest BCUT2D eigenvalue weighted by atomic mass is 10.2. The summed E-state index contributed by atoms with van der Waals surface area (Å²) in [5.74, 6) is 0.602. The summed E-state index contributed by atoms with van der Waals surface area (Å²) in [5.41, 5.74) is 0. The topological polar surface area (TPSA) is 47.0 Å². The van der Waals surface area contributed by atoms with E-state index in [2.05, 4.69) is 15.3 Å². The minimum Gasteiger partial charge on any atom is -0.376 e. The van der Waals surface area contributed by atoms with E-state index >= 15 is 0 Å². The van der Waals surface area contributed by atoms with Crippen LogP contribution < -0.4 is 5.32 Å². The first-order chi connectivity index (χ1) is 6.84. The number of halogens is 1. The molecular formula is C9H12ClN3O. The lowest BCUT2D eigenvalue weighted by molar-refractivity contribution is 0.120. The van der Waals surface area contributed by atoms with Crippen molar-refractivity contribution < 1.29 is 4.74 Å². The highest BCUT2D eigenvalue weighted by atomic mass is 35.5. The average molecular weight is 214 g/mol. The molecule has 1 aliphatic heterocycles. The Kier molecular flexibility index (Phi) is 3.16. The summed E-state index contributed by atoms with van der Waals surface area (Å²) in [5, 5.41) is 3.66. The third-order valence-corrected chi connectivity index (χ3v) is 2.33. The molecule has 2 heterocycles. The van der Waals surface area contributed by atoms with Crippen molar-refractivity contribution in [3.8, 4) is 0 Å². The Balaban J connectivity index is 1.82. The monoisotopic (exact) mass is 213 g/mol. The van der Waals surface area contributed by atoms with E-state index in [1.807, 2.05) is 0 Å². The molecule has 1 aromatic rings. The molecule has 0 amide bonds. The molecule has 2 rings (SSSR count). The van der Waals surface area contributed by atoms with Crippen molar-refractivity contribution in [1.29, 1.82) is 0 Å². The molecule has 4 nitrogen and oxygen atoms in total. The first-order valence-corrected chi connectivity index (χ1v) is 5.05. The van der Waals surface area contributed by atoms with Crippen molar-refractivity contribution in [2.45, 2.75) is 18.9 Å². The lowest BCUT2D eigenvalue weighted by Crippen LogP contribution is -2.19. The zero-order valence-electron chi connectivity index (χ0n) is 7.74. The van der Waals surface area contributed by atoms with E-state index in [1.165, 1.54) is 0 Å². The van der Waals surface area contributed by atoms with Gasteiger partial charge in [0.2, 0.25) is 5.95 Å². The molecule has 0 saturated carbocycles. The third-order valence-electron chi connectivity index (χ3n) is 2.13. The summed E-state index contributed by atoms with van der Waals surface area (Å²) in [4.78, 5) is 8.06. The predicted molar refractivity (Wildman–Crippen MR) is 54.5 cm³/mol. The number of nitrogens with one attached hydrogen (secondary N) is 1. The van der Waals surface area contributed by atoms with Gasteiger partial charge in [-0.2, -0.15) is 0 Å². The molecule has 1 aliphatic rings. The van der Waals surface area contributed by atoms with Gasteiger partial charge in [0.1, 0.15) is 0 Å². The van der Waals surface area contributed by atoms with Gasteiger partial charge in [-0.05, 0) is 12.8 Å². The molecule has 1 unspecified atom stereocenters. The van der Waals surface area contributed by atoms with Crippen molar-refractivity contribution in [2.75, 3.05) is 18.5 Å². The Morgan fingerprint density at radius 1 is 1.50 bits per heavy atom. The van der Waals surface area contributed by atoms with Crippen LogP contribution in [0.3, 0.4) is 0 Å². The van der Waals surface area contributed by atoms with Crippen LogP contribution in [-0.2, 0) is 4.74 Å². The summed E-state index contributed by atoms with van der Waals surface area (Å²) in [6.07, 6.45) is 5.71. The number of anilines is 1. The number of hydrogen-bond donors (Lipinski definition) is 1. The summed E-state index contributed by atoms with van der Waals surface area (Å²) >= 11 is 5.66. The molecule has 0 aromatic carbocycles. The van der Waals surface area contributed by atoms with Gasteiger partial charge < -0.3 is 10.1 Å². The van der Waals surface area contributed by atoms with Crippen LogP contribution in [0.1, 0.15) is 12.8 Å². The summed E-state index contributed by atoms with van der Waals surface area (Å²) in [7, 11) is 0. The Hall–Kier alpha value is -0.870. The molecule has 1 fully saturated rings. The molecule has 1 aromatic heterocycles. The van der Waals surface area contributed by atoms with Gasteiger partial charge in [0.05, 0.1) is 23.5 Å². The summed E-state index contributed by atoms with van der Waals surface area (Å²) in [6.45, 7) is 1.63. The second kappa shape index (κ2) is 4.57. The van der Waals surface area contributed by atoms with E-state index in [0.717, 1.165) is 26.0 Å². The number of nitrogens with zero attached hydrogens (tertiary/aromatic N) is 2. The smallest absolute Gasteiger partial charge is 0.222 e. The summed E-state index contributed by atoms with van der Waals surface area (Å²) < 4.78 is 5.45. The normalized spacial score (nSPS) is 21.1. The molecule has 0 aliphatic carbocycles. The van der Waals surface area contributed by atoms with Crippen molar-refractivity contribution >= 4 is 17.5 Å². The SMILES string of the molecule is Clc1cnc(NCC2CCCO2)nc1. The van der Waals surface area contributed by atoms with Crippen LogP contribution >= 0.6 is 11.6 Å². The quantitative estimate of drug-likeness (QED) is 0.831. The fourth-order valence-electron chi connectivity index (χ4n) is 1.41. The van der Waals surface area contributed by atoms with Gasteiger partial charge in [0.25, 0.3) is 0 Å². The third kappa shape index (κ3) is 2.56. The predicted octanol–water partition coefficient (Wildman–Crippen LogP) is 1.72. The molecule has 14 heavy (non-hydrogen) atoms. The molecule has 1 saturated heterocycles. The van der Waals surface area contributed by atoms with Crippen molar-refractivity contribution in [2.24, 2.45) is 0 Å². The van der Waals surface area contributed by atoms with Crippen molar-refractivity contribution in [1.82, 2.24) is 9.97 Å². The number of ether oxygens (including phenoxy) is 1. The highest BCUT2D eigenvalue weighted by Gasteiger charge is 2.14. The zero-order valence-corrected chi connectivity index (χ0v) is 8.50. The van der Waals surface area contributed by atoms with E-state index in [-0.39, 0.29) is 0 Å². The van der Waals surface area contributed by atoms with Crippen LogP contribution in [0.2, 0.25) is 5.02 Å². The number of hydrogen-bond acceptors (Lipinski definition) is 4. The number of rotatable bonds is 3. The van der Waals surface area contributed by atoms with Gasteiger partial charge in [-0.1, -0.05) is 11.6 Å². The van der Waals surface area contributed by atoms with E-state index in [9.17, 15) is 0 Å². The van der Waals surface area contributed by atoms with Gasteiger partial charge in [-0.25, -0.2) is 9.97 Å². The first kappa shape index (κ1) is 9.68. The zero-order chi connectivity index (χ0) is 9.80. The van der Waals surface area contributed by atoms with Gasteiger partial charge in [0, 0.05) is 13.2 Å². The highest BCUT2D eigenvalue weighted by molar-refractivity contribution is 6.30. The first-order valence-electron chi connectivity index (χ1n) is 4.67.